The molecule has 2 aliphatic rings. The number of hydrogen-bond donors (Lipinski definition) is 1. The summed E-state index contributed by atoms with van der Waals surface area (Å²) < 4.78 is 23.2. The van der Waals surface area contributed by atoms with E-state index in [1.165, 1.54) is 0 Å². The van der Waals surface area contributed by atoms with Crippen molar-refractivity contribution in [1.82, 2.24) is 20.1 Å². The summed E-state index contributed by atoms with van der Waals surface area (Å²) in [6.07, 6.45) is -0.349. The highest BCUT2D eigenvalue weighted by atomic mass is 16.6. The van der Waals surface area contributed by atoms with Gasteiger partial charge in [0.25, 0.3) is 5.91 Å². The topological polar surface area (TPSA) is 89.3 Å². The second-order valence-corrected chi connectivity index (χ2v) is 8.80. The van der Waals surface area contributed by atoms with E-state index in [0.717, 1.165) is 43.2 Å². The summed E-state index contributed by atoms with van der Waals surface area (Å²) in [4.78, 5) is 21.8. The number of ether oxygens (including phenoxy) is 3. The number of para-hydroxylation sites is 1. The van der Waals surface area contributed by atoms with Crippen LogP contribution in [-0.4, -0.2) is 80.3 Å². The molecule has 1 N–H and O–H groups in total. The number of hydrogen-bond acceptors (Lipinski definition) is 8. The normalized spacial score (nSPS) is 18.3. The molecule has 1 fully saturated rings. The van der Waals surface area contributed by atoms with E-state index >= 15 is 0 Å². The minimum Gasteiger partial charge on any atom is -0.486 e. The van der Waals surface area contributed by atoms with Gasteiger partial charge in [-0.25, -0.2) is 4.98 Å². The number of furan rings is 1. The Bertz CT molecular complexity index is 1170. The number of fused-ring (bicyclic) bond motifs is 1. The lowest BCUT2D eigenvalue weighted by Crippen LogP contribution is -2.43. The molecule has 1 saturated heterocycles. The summed E-state index contributed by atoms with van der Waals surface area (Å²) in [6.45, 7) is 5.38. The van der Waals surface area contributed by atoms with E-state index in [1.54, 1.807) is 19.2 Å². The number of likely N-dealkylation sites (N-methyl/N-ethyl adjacent to an activating group) is 1. The van der Waals surface area contributed by atoms with Crippen LogP contribution in [0, 0.1) is 0 Å². The average Bonchev–Trinajstić information content (AvgIpc) is 3.37. The Hall–Kier alpha value is -3.56. The van der Waals surface area contributed by atoms with Gasteiger partial charge in [-0.05, 0) is 37.4 Å². The first-order valence-corrected chi connectivity index (χ1v) is 11.8. The van der Waals surface area contributed by atoms with Gasteiger partial charge in [-0.1, -0.05) is 12.1 Å². The van der Waals surface area contributed by atoms with Crippen LogP contribution in [0.25, 0.3) is 11.3 Å². The quantitative estimate of drug-likeness (QED) is 0.555. The van der Waals surface area contributed by atoms with Crippen molar-refractivity contribution in [1.29, 1.82) is 0 Å². The molecule has 2 aromatic heterocycles. The van der Waals surface area contributed by atoms with E-state index in [4.69, 9.17) is 18.6 Å². The van der Waals surface area contributed by atoms with E-state index in [9.17, 15) is 4.79 Å². The largest absolute Gasteiger partial charge is 0.486 e. The summed E-state index contributed by atoms with van der Waals surface area (Å²) in [5.41, 5.74) is 1.52. The van der Waals surface area contributed by atoms with Crippen molar-refractivity contribution < 1.29 is 23.4 Å². The van der Waals surface area contributed by atoms with Crippen molar-refractivity contribution in [3.05, 3.63) is 60.1 Å². The first kappa shape index (κ1) is 23.2. The fourth-order valence-electron chi connectivity index (χ4n) is 4.22. The zero-order valence-electron chi connectivity index (χ0n) is 20.0. The Morgan fingerprint density at radius 2 is 1.94 bits per heavy atom. The van der Waals surface area contributed by atoms with Crippen LogP contribution >= 0.6 is 0 Å². The first-order chi connectivity index (χ1) is 17.1. The molecule has 3 aromatic rings. The smallest absolute Gasteiger partial charge is 0.287 e. The molecular formula is C26H30N4O5. The minimum absolute atomic E-state index is 0.272. The average molecular weight is 479 g/mol. The number of aromatic nitrogens is 1. The SMILES string of the molecule is COc1cccc(-c2cccc3c2OC(CNC(=O)c2ccc(CN4CCN(C)CC4)o2)CO3)n1. The van der Waals surface area contributed by atoms with Crippen molar-refractivity contribution in [3.8, 4) is 28.6 Å². The van der Waals surface area contributed by atoms with E-state index in [2.05, 4.69) is 27.1 Å². The predicted octanol–water partition coefficient (Wildman–Crippen LogP) is 2.67. The van der Waals surface area contributed by atoms with Crippen LogP contribution in [0.3, 0.4) is 0 Å². The van der Waals surface area contributed by atoms with Crippen LogP contribution in [0.4, 0.5) is 0 Å². The summed E-state index contributed by atoms with van der Waals surface area (Å²) in [7, 11) is 3.71. The van der Waals surface area contributed by atoms with Crippen molar-refractivity contribution in [2.24, 2.45) is 0 Å². The Kier molecular flexibility index (Phi) is 6.87. The fraction of sp³-hybridized carbons (Fsp3) is 0.385. The van der Waals surface area contributed by atoms with E-state index in [-0.39, 0.29) is 18.6 Å². The monoisotopic (exact) mass is 478 g/mol. The third-order valence-electron chi connectivity index (χ3n) is 6.25. The standard InChI is InChI=1S/C26H30N4O5/c1-29-11-13-30(14-12-29)16-18-9-10-23(34-18)26(31)27-15-19-17-33-22-7-3-5-20(25(22)35-19)21-6-4-8-24(28-21)32-2/h3-10,19H,11-17H2,1-2H3,(H,27,31). The number of amides is 1. The molecule has 0 aliphatic carbocycles. The third kappa shape index (κ3) is 5.41. The molecular weight excluding hydrogens is 448 g/mol. The van der Waals surface area contributed by atoms with Gasteiger partial charge in [0.2, 0.25) is 5.88 Å². The maximum atomic E-state index is 12.7. The lowest BCUT2D eigenvalue weighted by Gasteiger charge is -2.31. The number of piperazine rings is 1. The number of nitrogens with one attached hydrogen (secondary N) is 1. The lowest BCUT2D eigenvalue weighted by molar-refractivity contribution is 0.0773. The second-order valence-electron chi connectivity index (χ2n) is 8.80. The zero-order valence-corrected chi connectivity index (χ0v) is 20.0. The number of carbonyl (C=O) groups is 1. The molecule has 9 heteroatoms. The van der Waals surface area contributed by atoms with Crippen LogP contribution in [0.15, 0.2) is 52.9 Å². The van der Waals surface area contributed by atoms with E-state index < -0.39 is 0 Å². The minimum atomic E-state index is -0.349. The molecule has 1 aromatic carbocycles. The maximum absolute atomic E-state index is 12.7. The van der Waals surface area contributed by atoms with Gasteiger partial charge in [-0.15, -0.1) is 0 Å². The highest BCUT2D eigenvalue weighted by Crippen LogP contribution is 2.40. The third-order valence-corrected chi connectivity index (χ3v) is 6.25. The fourth-order valence-corrected chi connectivity index (χ4v) is 4.22. The molecule has 0 bridgehead atoms. The van der Waals surface area contributed by atoms with Crippen LogP contribution in [-0.2, 0) is 6.54 Å². The van der Waals surface area contributed by atoms with Crippen LogP contribution < -0.4 is 19.5 Å². The number of nitrogens with zero attached hydrogens (tertiary/aromatic N) is 3. The molecule has 0 spiro atoms. The first-order valence-electron chi connectivity index (χ1n) is 11.8. The molecule has 0 saturated carbocycles. The highest BCUT2D eigenvalue weighted by molar-refractivity contribution is 5.91. The van der Waals surface area contributed by atoms with E-state index in [1.807, 2.05) is 36.4 Å². The molecule has 5 rings (SSSR count). The number of pyridine rings is 1. The number of methoxy groups -OCH3 is 1. The van der Waals surface area contributed by atoms with Gasteiger partial charge in [0.1, 0.15) is 18.5 Å². The highest BCUT2D eigenvalue weighted by Gasteiger charge is 2.26. The Labute approximate surface area is 204 Å². The Morgan fingerprint density at radius 3 is 2.77 bits per heavy atom. The molecule has 184 valence electrons. The molecule has 2 aliphatic heterocycles. The van der Waals surface area contributed by atoms with Crippen molar-refractivity contribution in [3.63, 3.8) is 0 Å². The molecule has 9 nitrogen and oxygen atoms in total. The summed E-state index contributed by atoms with van der Waals surface area (Å²) in [5.74, 6) is 2.59. The van der Waals surface area contributed by atoms with Gasteiger partial charge in [0, 0.05) is 37.8 Å². The second kappa shape index (κ2) is 10.4. The van der Waals surface area contributed by atoms with Crippen LogP contribution in [0.1, 0.15) is 16.3 Å². The van der Waals surface area contributed by atoms with Crippen LogP contribution in [0.2, 0.25) is 0 Å². The lowest BCUT2D eigenvalue weighted by atomic mass is 10.1. The Balaban J connectivity index is 1.19. The van der Waals surface area contributed by atoms with Gasteiger partial charge in [0.05, 0.1) is 25.9 Å². The zero-order chi connectivity index (χ0) is 24.2. The van der Waals surface area contributed by atoms with Gasteiger partial charge in [0.15, 0.2) is 17.3 Å². The van der Waals surface area contributed by atoms with Gasteiger partial charge in [-0.3, -0.25) is 9.69 Å². The summed E-state index contributed by atoms with van der Waals surface area (Å²) >= 11 is 0. The number of rotatable bonds is 7. The number of benzene rings is 1. The molecule has 1 atom stereocenters. The van der Waals surface area contributed by atoms with Crippen molar-refractivity contribution in [2.75, 3.05) is 53.5 Å². The summed E-state index contributed by atoms with van der Waals surface area (Å²) in [6, 6.07) is 14.8. The van der Waals surface area contributed by atoms with E-state index in [0.29, 0.717) is 36.3 Å². The van der Waals surface area contributed by atoms with Gasteiger partial charge >= 0.3 is 0 Å². The Morgan fingerprint density at radius 1 is 1.11 bits per heavy atom. The summed E-state index contributed by atoms with van der Waals surface area (Å²) in [5, 5.41) is 2.91. The molecule has 0 radical (unpaired) electrons. The molecule has 35 heavy (non-hydrogen) atoms. The van der Waals surface area contributed by atoms with Crippen LogP contribution in [0.5, 0.6) is 17.4 Å². The van der Waals surface area contributed by atoms with Crippen molar-refractivity contribution in [2.45, 2.75) is 12.6 Å². The molecule has 1 unspecified atom stereocenters. The maximum Gasteiger partial charge on any atom is 0.287 e. The van der Waals surface area contributed by atoms with Gasteiger partial charge < -0.3 is 28.8 Å². The van der Waals surface area contributed by atoms with Gasteiger partial charge in [-0.2, -0.15) is 0 Å². The van der Waals surface area contributed by atoms with Crippen molar-refractivity contribution >= 4 is 5.91 Å². The predicted molar refractivity (Wildman–Crippen MR) is 130 cm³/mol. The molecule has 1 amide bonds. The number of carbonyl (C=O) groups excluding carboxylic acids is 1. The molecule has 4 heterocycles.